The van der Waals surface area contributed by atoms with Crippen LogP contribution in [0.15, 0.2) is 66.6 Å². The van der Waals surface area contributed by atoms with Gasteiger partial charge in [-0.25, -0.2) is 13.4 Å². The van der Waals surface area contributed by atoms with Crippen LogP contribution in [0.3, 0.4) is 0 Å². The molecule has 8 nitrogen and oxygen atoms in total. The molecule has 0 aliphatic heterocycles. The van der Waals surface area contributed by atoms with E-state index in [0.717, 1.165) is 4.70 Å². The Morgan fingerprint density at radius 2 is 1.72 bits per heavy atom. The molecule has 11 heteroatoms. The number of carbonyl (C=O) groups excluding carboxylic acids is 1. The van der Waals surface area contributed by atoms with Gasteiger partial charge in [0.15, 0.2) is 5.13 Å². The van der Waals surface area contributed by atoms with Crippen molar-refractivity contribution in [2.45, 2.75) is 4.90 Å². The molecule has 0 unspecified atom stereocenters. The number of carbonyl (C=O) groups is 1. The van der Waals surface area contributed by atoms with E-state index in [4.69, 9.17) is 16.3 Å². The van der Waals surface area contributed by atoms with Crippen molar-refractivity contribution in [2.24, 2.45) is 0 Å². The molecule has 0 saturated heterocycles. The highest BCUT2D eigenvalue weighted by atomic mass is 35.5. The predicted octanol–water partition coefficient (Wildman–Crippen LogP) is 4.53. The average molecular weight is 549 g/mol. The number of ether oxygens (including phenoxy) is 1. The summed E-state index contributed by atoms with van der Waals surface area (Å²) in [7, 11) is 1.61. The summed E-state index contributed by atoms with van der Waals surface area (Å²) in [6.45, 7) is 8.51. The summed E-state index contributed by atoms with van der Waals surface area (Å²) in [4.78, 5) is 21.9. The van der Waals surface area contributed by atoms with E-state index in [0.29, 0.717) is 40.1 Å². The van der Waals surface area contributed by atoms with Crippen molar-refractivity contribution < 1.29 is 17.9 Å². The third-order valence-electron chi connectivity index (χ3n) is 5.32. The van der Waals surface area contributed by atoms with Crippen molar-refractivity contribution in [1.82, 2.24) is 14.2 Å². The largest absolute Gasteiger partial charge is 0.494 e. The maximum absolute atomic E-state index is 13.6. The topological polar surface area (TPSA) is 83.1 Å². The van der Waals surface area contributed by atoms with Crippen molar-refractivity contribution in [3.8, 4) is 5.75 Å². The number of halogens is 1. The number of sulfonamides is 1. The Hall–Kier alpha value is -2.76. The van der Waals surface area contributed by atoms with Crippen LogP contribution in [0.4, 0.5) is 5.13 Å². The van der Waals surface area contributed by atoms with E-state index >= 15 is 0 Å². The minimum atomic E-state index is -3.77. The fourth-order valence-electron chi connectivity index (χ4n) is 3.44. The van der Waals surface area contributed by atoms with Crippen LogP contribution in [0, 0.1) is 0 Å². The molecule has 36 heavy (non-hydrogen) atoms. The highest BCUT2D eigenvalue weighted by Crippen LogP contribution is 2.39. The minimum Gasteiger partial charge on any atom is -0.494 e. The molecule has 0 bridgehead atoms. The van der Waals surface area contributed by atoms with E-state index < -0.39 is 10.0 Å². The van der Waals surface area contributed by atoms with Crippen LogP contribution in [0.1, 0.15) is 10.4 Å². The molecule has 1 heterocycles. The van der Waals surface area contributed by atoms with Gasteiger partial charge in [-0.15, -0.1) is 13.2 Å². The third-order valence-corrected chi connectivity index (χ3v) is 8.70. The van der Waals surface area contributed by atoms with Gasteiger partial charge in [0.25, 0.3) is 5.91 Å². The lowest BCUT2D eigenvalue weighted by Gasteiger charge is -2.22. The summed E-state index contributed by atoms with van der Waals surface area (Å²) in [5, 5.41) is 0.996. The Bertz CT molecular complexity index is 1340. The zero-order chi connectivity index (χ0) is 26.5. The summed E-state index contributed by atoms with van der Waals surface area (Å²) in [6.07, 6.45) is 3.03. The molecule has 3 aromatic rings. The monoisotopic (exact) mass is 548 g/mol. The van der Waals surface area contributed by atoms with E-state index in [2.05, 4.69) is 18.1 Å². The molecule has 0 spiro atoms. The molecule has 1 aromatic heterocycles. The second-order valence-electron chi connectivity index (χ2n) is 8.11. The Kier molecular flexibility index (Phi) is 9.26. The first kappa shape index (κ1) is 27.8. The summed E-state index contributed by atoms with van der Waals surface area (Å²) < 4.78 is 33.4. The average Bonchev–Trinajstić information content (AvgIpc) is 3.30. The maximum Gasteiger partial charge on any atom is 0.260 e. The van der Waals surface area contributed by atoms with Crippen LogP contribution in [-0.4, -0.2) is 75.9 Å². The molecule has 0 aliphatic rings. The normalized spacial score (nSPS) is 11.7. The maximum atomic E-state index is 13.6. The predicted molar refractivity (Wildman–Crippen MR) is 147 cm³/mol. The number of fused-ring (bicyclic) bond motifs is 1. The summed E-state index contributed by atoms with van der Waals surface area (Å²) >= 11 is 7.69. The Balaban J connectivity index is 1.98. The molecule has 3 rings (SSSR count). The molecule has 0 N–H and O–H groups in total. The Morgan fingerprint density at radius 1 is 1.08 bits per heavy atom. The Labute approximate surface area is 221 Å². The Morgan fingerprint density at radius 3 is 2.28 bits per heavy atom. The molecule has 0 saturated carbocycles. The third kappa shape index (κ3) is 5.96. The number of thiazole rings is 1. The van der Waals surface area contributed by atoms with Crippen LogP contribution in [-0.2, 0) is 10.0 Å². The summed E-state index contributed by atoms with van der Waals surface area (Å²) in [5.74, 6) is 0.263. The van der Waals surface area contributed by atoms with Gasteiger partial charge in [0.1, 0.15) is 11.3 Å². The second-order valence-corrected chi connectivity index (χ2v) is 11.4. The lowest BCUT2D eigenvalue weighted by molar-refractivity contribution is 0.0985. The van der Waals surface area contributed by atoms with Crippen molar-refractivity contribution in [3.05, 3.63) is 72.3 Å². The smallest absolute Gasteiger partial charge is 0.260 e. The van der Waals surface area contributed by atoms with Gasteiger partial charge in [-0.3, -0.25) is 9.69 Å². The molecule has 0 aliphatic carbocycles. The molecule has 0 fully saturated rings. The van der Waals surface area contributed by atoms with Crippen molar-refractivity contribution >= 4 is 54.2 Å². The fourth-order valence-corrected chi connectivity index (χ4v) is 6.10. The zero-order valence-electron chi connectivity index (χ0n) is 20.5. The number of methoxy groups -OCH3 is 1. The van der Waals surface area contributed by atoms with Crippen LogP contribution >= 0.6 is 22.9 Å². The molecular weight excluding hydrogens is 520 g/mol. The lowest BCUT2D eigenvalue weighted by Crippen LogP contribution is -2.36. The van der Waals surface area contributed by atoms with E-state index in [9.17, 15) is 13.2 Å². The number of aromatic nitrogens is 1. The summed E-state index contributed by atoms with van der Waals surface area (Å²) in [6, 6.07) is 9.37. The number of rotatable bonds is 12. The number of hydrogen-bond acceptors (Lipinski definition) is 7. The molecule has 0 radical (unpaired) electrons. The number of nitrogens with zero attached hydrogens (tertiary/aromatic N) is 4. The van der Waals surface area contributed by atoms with Gasteiger partial charge in [-0.2, -0.15) is 4.31 Å². The van der Waals surface area contributed by atoms with Crippen LogP contribution in [0.5, 0.6) is 5.75 Å². The second kappa shape index (κ2) is 12.0. The van der Waals surface area contributed by atoms with Gasteiger partial charge in [0.05, 0.1) is 21.7 Å². The van der Waals surface area contributed by atoms with Gasteiger partial charge in [0, 0.05) is 31.7 Å². The molecule has 1 amide bonds. The molecule has 192 valence electrons. The van der Waals surface area contributed by atoms with Gasteiger partial charge < -0.3 is 9.64 Å². The van der Waals surface area contributed by atoms with E-state index in [1.807, 2.05) is 19.0 Å². The standard InChI is InChI=1S/C25H29ClN4O4S2/c1-6-14-29(15-7-2)36(32,33)19-10-8-18(9-11-19)24(31)30(17-16-28(3)4)25-27-22-21(34-5)13-12-20(26)23(22)35-25/h6-13H,1-2,14-17H2,3-5H3. The number of likely N-dealkylation sites (N-methyl/N-ethyl adjacent to an activating group) is 1. The van der Waals surface area contributed by atoms with E-state index in [1.54, 1.807) is 24.1 Å². The highest BCUT2D eigenvalue weighted by Gasteiger charge is 2.26. The molecular formula is C25H29ClN4O4S2. The minimum absolute atomic E-state index is 0.0825. The SMILES string of the molecule is C=CCN(CC=C)S(=O)(=O)c1ccc(C(=O)N(CCN(C)C)c2nc3c(OC)ccc(Cl)c3s2)cc1. The first-order valence-electron chi connectivity index (χ1n) is 11.1. The highest BCUT2D eigenvalue weighted by molar-refractivity contribution is 7.89. The van der Waals surface area contributed by atoms with Crippen molar-refractivity contribution in [2.75, 3.05) is 52.3 Å². The quantitative estimate of drug-likeness (QED) is 0.309. The fraction of sp³-hybridized carbons (Fsp3) is 0.280. The van der Waals surface area contributed by atoms with E-state index in [1.165, 1.54) is 52.1 Å². The molecule has 2 aromatic carbocycles. The first-order chi connectivity index (χ1) is 17.1. The van der Waals surface area contributed by atoms with Crippen LogP contribution in [0.2, 0.25) is 5.02 Å². The zero-order valence-corrected chi connectivity index (χ0v) is 22.9. The lowest BCUT2D eigenvalue weighted by atomic mass is 10.2. The van der Waals surface area contributed by atoms with Crippen LogP contribution < -0.4 is 9.64 Å². The van der Waals surface area contributed by atoms with Crippen molar-refractivity contribution in [1.29, 1.82) is 0 Å². The number of amides is 1. The van der Waals surface area contributed by atoms with Gasteiger partial charge >= 0.3 is 0 Å². The number of hydrogen-bond donors (Lipinski definition) is 0. The van der Waals surface area contributed by atoms with Gasteiger partial charge in [-0.05, 0) is 50.5 Å². The summed E-state index contributed by atoms with van der Waals surface area (Å²) in [5.41, 5.74) is 0.919. The van der Waals surface area contributed by atoms with Crippen molar-refractivity contribution in [3.63, 3.8) is 0 Å². The van der Waals surface area contributed by atoms with Gasteiger partial charge in [0.2, 0.25) is 10.0 Å². The van der Waals surface area contributed by atoms with E-state index in [-0.39, 0.29) is 23.9 Å². The van der Waals surface area contributed by atoms with Gasteiger partial charge in [-0.1, -0.05) is 35.1 Å². The molecule has 0 atom stereocenters. The number of benzene rings is 2. The van der Waals surface area contributed by atoms with Crippen LogP contribution in [0.25, 0.3) is 10.2 Å². The first-order valence-corrected chi connectivity index (χ1v) is 13.7. The number of anilines is 1.